The van der Waals surface area contributed by atoms with E-state index in [2.05, 4.69) is 0 Å². The van der Waals surface area contributed by atoms with Gasteiger partial charge >= 0.3 is 0 Å². The van der Waals surface area contributed by atoms with Gasteiger partial charge in [0.2, 0.25) is 10.0 Å². The molecule has 0 amide bonds. The molecule has 1 aliphatic carbocycles. The Morgan fingerprint density at radius 1 is 1.17 bits per heavy atom. The monoisotopic (exact) mass is 339 g/mol. The highest BCUT2D eigenvalue weighted by atomic mass is 32.2. The minimum Gasteiger partial charge on any atom is -0.490 e. The Hall–Kier alpha value is -1.11. The molecule has 2 aliphatic rings. The average Bonchev–Trinajstić information content (AvgIpc) is 3.07. The number of benzene rings is 1. The van der Waals surface area contributed by atoms with Gasteiger partial charge in [-0.3, -0.25) is 0 Å². The van der Waals surface area contributed by atoms with Crippen LogP contribution in [0.2, 0.25) is 0 Å². The van der Waals surface area contributed by atoms with Gasteiger partial charge in [0, 0.05) is 0 Å². The Labute approximate surface area is 138 Å². The lowest BCUT2D eigenvalue weighted by molar-refractivity contribution is 0.0843. The van der Waals surface area contributed by atoms with Crippen molar-refractivity contribution < 1.29 is 17.9 Å². The molecule has 3 rings (SSSR count). The third-order valence-electron chi connectivity index (χ3n) is 4.59. The van der Waals surface area contributed by atoms with Crippen LogP contribution in [0, 0.1) is 0 Å². The predicted octanol–water partition coefficient (Wildman–Crippen LogP) is 3.15. The fourth-order valence-corrected chi connectivity index (χ4v) is 5.33. The molecule has 1 heterocycles. The van der Waals surface area contributed by atoms with Crippen LogP contribution < -0.4 is 4.74 Å². The summed E-state index contributed by atoms with van der Waals surface area (Å²) in [6.07, 6.45) is 4.39. The molecule has 1 saturated carbocycles. The van der Waals surface area contributed by atoms with Crippen LogP contribution in [-0.4, -0.2) is 37.2 Å². The van der Waals surface area contributed by atoms with Crippen molar-refractivity contribution in [2.45, 2.75) is 69.2 Å². The predicted molar refractivity (Wildman–Crippen MR) is 87.8 cm³/mol. The molecule has 0 aromatic heterocycles. The Bertz CT molecular complexity index is 648. The molecule has 23 heavy (non-hydrogen) atoms. The Balaban J connectivity index is 1.80. The number of ether oxygens (including phenoxy) is 2. The van der Waals surface area contributed by atoms with Gasteiger partial charge < -0.3 is 9.47 Å². The van der Waals surface area contributed by atoms with Gasteiger partial charge in [0.15, 0.2) is 0 Å². The van der Waals surface area contributed by atoms with Crippen LogP contribution in [0.4, 0.5) is 0 Å². The van der Waals surface area contributed by atoms with E-state index in [9.17, 15) is 8.42 Å². The second kappa shape index (κ2) is 6.07. The summed E-state index contributed by atoms with van der Waals surface area (Å²) in [5.41, 5.74) is -0.544. The van der Waals surface area contributed by atoms with Gasteiger partial charge in [-0.15, -0.1) is 0 Å². The molecule has 0 spiro atoms. The Morgan fingerprint density at radius 3 is 2.30 bits per heavy atom. The van der Waals surface area contributed by atoms with Gasteiger partial charge in [-0.25, -0.2) is 8.42 Å². The minimum absolute atomic E-state index is 0.267. The molecule has 0 bridgehead atoms. The second-order valence-electron chi connectivity index (χ2n) is 7.02. The van der Waals surface area contributed by atoms with Crippen molar-refractivity contribution in [2.24, 2.45) is 0 Å². The first-order chi connectivity index (χ1) is 10.8. The zero-order valence-corrected chi connectivity index (χ0v) is 14.8. The number of hydrogen-bond donors (Lipinski definition) is 0. The average molecular weight is 339 g/mol. The number of rotatable bonds is 4. The molecule has 1 unspecified atom stereocenters. The maximum atomic E-state index is 12.9. The fraction of sp³-hybridized carbons (Fsp3) is 0.647. The van der Waals surface area contributed by atoms with Gasteiger partial charge in [-0.1, -0.05) is 0 Å². The van der Waals surface area contributed by atoms with Crippen molar-refractivity contribution in [3.63, 3.8) is 0 Å². The highest BCUT2D eigenvalue weighted by Crippen LogP contribution is 2.34. The number of sulfonamides is 1. The Morgan fingerprint density at radius 2 is 1.78 bits per heavy atom. The molecule has 1 aliphatic heterocycles. The summed E-state index contributed by atoms with van der Waals surface area (Å²) in [7, 11) is -3.59. The molecule has 1 atom stereocenters. The lowest BCUT2D eigenvalue weighted by Crippen LogP contribution is -2.47. The van der Waals surface area contributed by atoms with Crippen molar-refractivity contribution in [3.8, 4) is 5.75 Å². The number of nitrogens with zero attached hydrogens (tertiary/aromatic N) is 1. The minimum atomic E-state index is -3.59. The fourth-order valence-electron chi connectivity index (χ4n) is 3.47. The zero-order chi connectivity index (χ0) is 16.7. The Kier molecular flexibility index (Phi) is 4.42. The van der Waals surface area contributed by atoms with Crippen LogP contribution in [0.15, 0.2) is 29.2 Å². The molecular formula is C17H25NO4S. The van der Waals surface area contributed by atoms with Crippen LogP contribution >= 0.6 is 0 Å². The van der Waals surface area contributed by atoms with Gasteiger partial charge in [-0.2, -0.15) is 4.31 Å². The smallest absolute Gasteiger partial charge is 0.245 e. The molecule has 1 aromatic carbocycles. The normalized spacial score (nSPS) is 25.8. The molecular weight excluding hydrogens is 314 g/mol. The molecule has 6 heteroatoms. The SMILES string of the molecule is CC1OCC(C)(C)N1S(=O)(=O)c1ccc(OC2CCCC2)cc1. The van der Waals surface area contributed by atoms with Crippen molar-refractivity contribution in [2.75, 3.05) is 6.61 Å². The quantitative estimate of drug-likeness (QED) is 0.845. The highest BCUT2D eigenvalue weighted by molar-refractivity contribution is 7.89. The van der Waals surface area contributed by atoms with Crippen molar-refractivity contribution in [1.29, 1.82) is 0 Å². The van der Waals surface area contributed by atoms with Crippen LogP contribution in [0.3, 0.4) is 0 Å². The van der Waals surface area contributed by atoms with Crippen molar-refractivity contribution in [3.05, 3.63) is 24.3 Å². The topological polar surface area (TPSA) is 55.8 Å². The standard InChI is InChI=1S/C17H25NO4S/c1-13-18(17(2,3)12-21-13)23(19,20)16-10-8-15(9-11-16)22-14-6-4-5-7-14/h8-11,13-14H,4-7,12H2,1-3H3. The first kappa shape index (κ1) is 16.7. The molecule has 5 nitrogen and oxygen atoms in total. The largest absolute Gasteiger partial charge is 0.490 e. The molecule has 2 fully saturated rings. The third-order valence-corrected chi connectivity index (χ3v) is 6.77. The van der Waals surface area contributed by atoms with E-state index in [0.717, 1.165) is 18.6 Å². The van der Waals surface area contributed by atoms with E-state index in [-0.39, 0.29) is 11.0 Å². The lowest BCUT2D eigenvalue weighted by atomic mass is 10.1. The van der Waals surface area contributed by atoms with E-state index < -0.39 is 21.8 Å². The zero-order valence-electron chi connectivity index (χ0n) is 14.0. The van der Waals surface area contributed by atoms with E-state index in [1.54, 1.807) is 31.2 Å². The molecule has 1 saturated heterocycles. The van der Waals surface area contributed by atoms with Crippen LogP contribution in [0.5, 0.6) is 5.75 Å². The first-order valence-corrected chi connectivity index (χ1v) is 9.67. The van der Waals surface area contributed by atoms with Gasteiger partial charge in [0.25, 0.3) is 0 Å². The second-order valence-corrected chi connectivity index (χ2v) is 8.83. The first-order valence-electron chi connectivity index (χ1n) is 8.23. The van der Waals surface area contributed by atoms with Crippen molar-refractivity contribution >= 4 is 10.0 Å². The summed E-state index contributed by atoms with van der Waals surface area (Å²) in [5, 5.41) is 0. The molecule has 128 valence electrons. The lowest BCUT2D eigenvalue weighted by Gasteiger charge is -2.30. The maximum Gasteiger partial charge on any atom is 0.245 e. The molecule has 0 N–H and O–H groups in total. The summed E-state index contributed by atoms with van der Waals surface area (Å²) in [4.78, 5) is 0.279. The van der Waals surface area contributed by atoms with E-state index in [0.29, 0.717) is 6.61 Å². The van der Waals surface area contributed by atoms with E-state index in [1.807, 2.05) is 13.8 Å². The van der Waals surface area contributed by atoms with Gasteiger partial charge in [0.1, 0.15) is 12.0 Å². The molecule has 0 radical (unpaired) electrons. The summed E-state index contributed by atoms with van der Waals surface area (Å²) in [5.74, 6) is 0.737. The maximum absolute atomic E-state index is 12.9. The van der Waals surface area contributed by atoms with Gasteiger partial charge in [0.05, 0.1) is 23.1 Å². The number of hydrogen-bond acceptors (Lipinski definition) is 4. The van der Waals surface area contributed by atoms with E-state index in [4.69, 9.17) is 9.47 Å². The van der Waals surface area contributed by atoms with Gasteiger partial charge in [-0.05, 0) is 70.7 Å². The summed E-state index contributed by atoms with van der Waals surface area (Å²) >= 11 is 0. The summed E-state index contributed by atoms with van der Waals surface area (Å²) in [6.45, 7) is 5.93. The molecule has 1 aromatic rings. The van der Waals surface area contributed by atoms with Crippen molar-refractivity contribution in [1.82, 2.24) is 4.31 Å². The van der Waals surface area contributed by atoms with Crippen LogP contribution in [0.25, 0.3) is 0 Å². The summed E-state index contributed by atoms with van der Waals surface area (Å²) in [6, 6.07) is 6.75. The van der Waals surface area contributed by atoms with E-state index >= 15 is 0 Å². The van der Waals surface area contributed by atoms with Crippen LogP contribution in [0.1, 0.15) is 46.5 Å². The van der Waals surface area contributed by atoms with E-state index in [1.165, 1.54) is 17.1 Å². The third kappa shape index (κ3) is 3.25. The summed E-state index contributed by atoms with van der Waals surface area (Å²) < 4.78 is 38.7. The highest BCUT2D eigenvalue weighted by Gasteiger charge is 2.46. The van der Waals surface area contributed by atoms with Crippen LogP contribution in [-0.2, 0) is 14.8 Å².